The van der Waals surface area contributed by atoms with E-state index < -0.39 is 10.0 Å². The summed E-state index contributed by atoms with van der Waals surface area (Å²) in [6.45, 7) is 7.78. The molecule has 1 aromatic carbocycles. The third kappa shape index (κ3) is 2.22. The van der Waals surface area contributed by atoms with Gasteiger partial charge in [-0.05, 0) is 38.8 Å². The molecule has 0 radical (unpaired) electrons. The van der Waals surface area contributed by atoms with Gasteiger partial charge in [-0.15, -0.1) is 0 Å². The highest BCUT2D eigenvalue weighted by atomic mass is 32.2. The molecule has 0 aromatic heterocycles. The summed E-state index contributed by atoms with van der Waals surface area (Å²) in [4.78, 5) is 0.366. The minimum absolute atomic E-state index is 0.0388. The van der Waals surface area contributed by atoms with Crippen LogP contribution in [0.5, 0.6) is 0 Å². The zero-order valence-corrected chi connectivity index (χ0v) is 11.7. The van der Waals surface area contributed by atoms with Crippen molar-refractivity contribution in [2.45, 2.75) is 43.7 Å². The lowest BCUT2D eigenvalue weighted by atomic mass is 10.1. The molecule has 1 fully saturated rings. The molecule has 0 bridgehead atoms. The number of nitrogens with zero attached hydrogens (tertiary/aromatic N) is 1. The van der Waals surface area contributed by atoms with Crippen molar-refractivity contribution in [1.82, 2.24) is 4.31 Å². The molecule has 0 saturated carbocycles. The molecule has 0 N–H and O–H groups in total. The maximum Gasteiger partial charge on any atom is 0.243 e. The summed E-state index contributed by atoms with van der Waals surface area (Å²) < 4.78 is 26.9. The zero-order valence-electron chi connectivity index (χ0n) is 10.8. The molecule has 0 spiro atoms. The summed E-state index contributed by atoms with van der Waals surface area (Å²) >= 11 is 0. The Morgan fingerprint density at radius 3 is 2.44 bits per heavy atom. The van der Waals surface area contributed by atoms with Gasteiger partial charge >= 0.3 is 0 Å². The van der Waals surface area contributed by atoms with Crippen LogP contribution in [0.25, 0.3) is 0 Å². The van der Waals surface area contributed by atoms with E-state index in [2.05, 4.69) is 6.58 Å². The van der Waals surface area contributed by atoms with E-state index in [1.54, 1.807) is 28.6 Å². The van der Waals surface area contributed by atoms with Crippen LogP contribution in [0, 0.1) is 0 Å². The summed E-state index contributed by atoms with van der Waals surface area (Å²) in [6.07, 6.45) is 1.76. The van der Waals surface area contributed by atoms with Crippen molar-refractivity contribution in [2.75, 3.05) is 0 Å². The third-order valence-electron chi connectivity index (χ3n) is 3.49. The van der Waals surface area contributed by atoms with E-state index in [1.165, 1.54) is 0 Å². The van der Waals surface area contributed by atoms with Crippen molar-refractivity contribution in [2.24, 2.45) is 0 Å². The molecule has 1 heterocycles. The van der Waals surface area contributed by atoms with Crippen LogP contribution < -0.4 is 0 Å². The predicted molar refractivity (Wildman–Crippen MR) is 72.8 cm³/mol. The Kier molecular flexibility index (Phi) is 3.59. The van der Waals surface area contributed by atoms with Crippen molar-refractivity contribution in [3.63, 3.8) is 0 Å². The Labute approximate surface area is 109 Å². The second-order valence-electron chi connectivity index (χ2n) is 4.94. The van der Waals surface area contributed by atoms with Crippen LogP contribution in [0.1, 0.15) is 26.7 Å². The van der Waals surface area contributed by atoms with E-state index in [9.17, 15) is 8.42 Å². The van der Waals surface area contributed by atoms with Crippen LogP contribution in [0.4, 0.5) is 0 Å². The molecule has 1 saturated heterocycles. The van der Waals surface area contributed by atoms with Crippen molar-refractivity contribution >= 4 is 10.0 Å². The van der Waals surface area contributed by atoms with Crippen LogP contribution in [0.15, 0.2) is 47.4 Å². The molecular formula is C14H19NO2S. The molecule has 2 atom stereocenters. The molecule has 3 nitrogen and oxygen atoms in total. The van der Waals surface area contributed by atoms with Gasteiger partial charge in [0.2, 0.25) is 10.0 Å². The maximum absolute atomic E-state index is 12.6. The van der Waals surface area contributed by atoms with Crippen molar-refractivity contribution in [3.8, 4) is 0 Å². The predicted octanol–water partition coefficient (Wildman–Crippen LogP) is 2.80. The molecule has 1 aromatic rings. The lowest BCUT2D eigenvalue weighted by molar-refractivity contribution is 0.361. The van der Waals surface area contributed by atoms with Gasteiger partial charge in [-0.1, -0.05) is 30.4 Å². The zero-order chi connectivity index (χ0) is 13.3. The lowest BCUT2D eigenvalue weighted by Crippen LogP contribution is -2.40. The quantitative estimate of drug-likeness (QED) is 0.788. The average molecular weight is 265 g/mol. The van der Waals surface area contributed by atoms with Crippen LogP contribution in [-0.4, -0.2) is 24.8 Å². The normalized spacial score (nSPS) is 25.2. The molecule has 0 aliphatic carbocycles. The van der Waals surface area contributed by atoms with Crippen molar-refractivity contribution < 1.29 is 8.42 Å². The molecular weight excluding hydrogens is 246 g/mol. The summed E-state index contributed by atoms with van der Waals surface area (Å²) in [5, 5.41) is 0. The molecule has 1 aliphatic heterocycles. The summed E-state index contributed by atoms with van der Waals surface area (Å²) in [6, 6.07) is 8.60. The molecule has 98 valence electrons. The number of sulfonamides is 1. The minimum atomic E-state index is -3.41. The number of rotatable bonds is 3. The van der Waals surface area contributed by atoms with Gasteiger partial charge in [-0.2, -0.15) is 4.31 Å². The largest absolute Gasteiger partial charge is 0.243 e. The molecule has 1 aliphatic rings. The second-order valence-corrected chi connectivity index (χ2v) is 6.78. The van der Waals surface area contributed by atoms with Gasteiger partial charge in [0.1, 0.15) is 0 Å². The molecule has 2 unspecified atom stereocenters. The maximum atomic E-state index is 12.6. The van der Waals surface area contributed by atoms with Gasteiger partial charge in [0.25, 0.3) is 0 Å². The number of benzene rings is 1. The monoisotopic (exact) mass is 265 g/mol. The van der Waals surface area contributed by atoms with Gasteiger partial charge < -0.3 is 0 Å². The summed E-state index contributed by atoms with van der Waals surface area (Å²) in [7, 11) is -3.41. The smallest absolute Gasteiger partial charge is 0.207 e. The highest BCUT2D eigenvalue weighted by molar-refractivity contribution is 7.89. The second kappa shape index (κ2) is 4.86. The van der Waals surface area contributed by atoms with Crippen molar-refractivity contribution in [3.05, 3.63) is 42.5 Å². The van der Waals surface area contributed by atoms with Crippen LogP contribution in [-0.2, 0) is 10.0 Å². The number of hydrogen-bond acceptors (Lipinski definition) is 2. The third-order valence-corrected chi connectivity index (χ3v) is 5.52. The highest BCUT2D eigenvalue weighted by Crippen LogP contribution is 2.33. The Bertz CT molecular complexity index is 536. The molecule has 0 amide bonds. The van der Waals surface area contributed by atoms with E-state index in [-0.39, 0.29) is 12.1 Å². The van der Waals surface area contributed by atoms with Gasteiger partial charge in [-0.25, -0.2) is 8.42 Å². The topological polar surface area (TPSA) is 37.4 Å². The summed E-state index contributed by atoms with van der Waals surface area (Å²) in [5.41, 5.74) is 0.916. The minimum Gasteiger partial charge on any atom is -0.207 e. The standard InChI is InChI=1S/C14H19NO2S/c1-11(2)14-10-9-12(3)15(14)18(16,17)13-7-5-4-6-8-13/h4-8,12,14H,1,9-10H2,2-3H3. The highest BCUT2D eigenvalue weighted by Gasteiger charge is 2.40. The first-order chi connectivity index (χ1) is 8.44. The van der Waals surface area contributed by atoms with Gasteiger partial charge in [0.15, 0.2) is 0 Å². The first-order valence-corrected chi connectivity index (χ1v) is 7.62. The first-order valence-electron chi connectivity index (χ1n) is 6.18. The van der Waals surface area contributed by atoms with Crippen molar-refractivity contribution in [1.29, 1.82) is 0 Å². The lowest BCUT2D eigenvalue weighted by Gasteiger charge is -2.27. The van der Waals surface area contributed by atoms with E-state index in [1.807, 2.05) is 19.9 Å². The first kappa shape index (κ1) is 13.3. The Hall–Kier alpha value is -1.13. The Morgan fingerprint density at radius 2 is 1.89 bits per heavy atom. The van der Waals surface area contributed by atoms with Crippen LogP contribution >= 0.6 is 0 Å². The van der Waals surface area contributed by atoms with Gasteiger partial charge in [0, 0.05) is 12.1 Å². The van der Waals surface area contributed by atoms with Gasteiger partial charge in [0.05, 0.1) is 4.90 Å². The number of hydrogen-bond donors (Lipinski definition) is 0. The fraction of sp³-hybridized carbons (Fsp3) is 0.429. The fourth-order valence-electron chi connectivity index (χ4n) is 2.54. The SMILES string of the molecule is C=C(C)C1CCC(C)N1S(=O)(=O)c1ccccc1. The Morgan fingerprint density at radius 1 is 1.28 bits per heavy atom. The molecule has 2 rings (SSSR count). The van der Waals surface area contributed by atoms with Crippen LogP contribution in [0.2, 0.25) is 0 Å². The average Bonchev–Trinajstić information content (AvgIpc) is 2.73. The summed E-state index contributed by atoms with van der Waals surface area (Å²) in [5.74, 6) is 0. The van der Waals surface area contributed by atoms with E-state index >= 15 is 0 Å². The Balaban J connectivity index is 2.43. The van der Waals surface area contributed by atoms with E-state index in [4.69, 9.17) is 0 Å². The van der Waals surface area contributed by atoms with E-state index in [0.717, 1.165) is 18.4 Å². The van der Waals surface area contributed by atoms with Crippen LogP contribution in [0.3, 0.4) is 0 Å². The molecule has 4 heteroatoms. The van der Waals surface area contributed by atoms with Gasteiger partial charge in [-0.3, -0.25) is 0 Å². The van der Waals surface area contributed by atoms with E-state index in [0.29, 0.717) is 4.90 Å². The fourth-order valence-corrected chi connectivity index (χ4v) is 4.49. The molecule has 18 heavy (non-hydrogen) atoms.